The fourth-order valence-electron chi connectivity index (χ4n) is 2.44. The van der Waals surface area contributed by atoms with Crippen LogP contribution in [-0.2, 0) is 16.1 Å². The van der Waals surface area contributed by atoms with Crippen LogP contribution >= 0.6 is 0 Å². The Kier molecular flexibility index (Phi) is 4.74. The van der Waals surface area contributed by atoms with Crippen molar-refractivity contribution >= 4 is 11.9 Å². The molecule has 1 aliphatic heterocycles. The van der Waals surface area contributed by atoms with E-state index in [1.54, 1.807) is 12.1 Å². The summed E-state index contributed by atoms with van der Waals surface area (Å²) in [6, 6.07) is 6.51. The molecule has 1 aliphatic rings. The van der Waals surface area contributed by atoms with Crippen LogP contribution in [-0.4, -0.2) is 29.7 Å². The van der Waals surface area contributed by atoms with E-state index in [-0.39, 0.29) is 23.5 Å². The normalized spacial score (nSPS) is 21.6. The number of carbonyl (C=O) groups excluding carboxylic acids is 1. The van der Waals surface area contributed by atoms with Gasteiger partial charge < -0.3 is 15.2 Å². The average Bonchev–Trinajstić information content (AvgIpc) is 2.93. The van der Waals surface area contributed by atoms with E-state index < -0.39 is 5.97 Å². The van der Waals surface area contributed by atoms with Gasteiger partial charge in [0.1, 0.15) is 0 Å². The Hall–Kier alpha value is -1.88. The largest absolute Gasteiger partial charge is 0.478 e. The molecule has 1 aromatic rings. The molecular formula is C15H19NO4. The smallest absolute Gasteiger partial charge is 0.335 e. The highest BCUT2D eigenvalue weighted by molar-refractivity contribution is 5.87. The highest BCUT2D eigenvalue weighted by atomic mass is 16.5. The first-order valence-electron chi connectivity index (χ1n) is 6.83. The number of carboxylic acids is 1. The first-order valence-corrected chi connectivity index (χ1v) is 6.83. The number of rotatable bonds is 5. The van der Waals surface area contributed by atoms with E-state index in [2.05, 4.69) is 5.32 Å². The van der Waals surface area contributed by atoms with Crippen molar-refractivity contribution in [1.29, 1.82) is 0 Å². The van der Waals surface area contributed by atoms with E-state index in [1.807, 2.05) is 6.92 Å². The van der Waals surface area contributed by atoms with Crippen molar-refractivity contribution in [2.45, 2.75) is 32.4 Å². The first kappa shape index (κ1) is 14.5. The second kappa shape index (κ2) is 6.52. The maximum absolute atomic E-state index is 12.1. The van der Waals surface area contributed by atoms with Crippen LogP contribution in [0.5, 0.6) is 0 Å². The number of hydrogen-bond donors (Lipinski definition) is 2. The lowest BCUT2D eigenvalue weighted by Crippen LogP contribution is -2.34. The fraction of sp³-hybridized carbons (Fsp3) is 0.467. The van der Waals surface area contributed by atoms with Crippen molar-refractivity contribution in [3.05, 3.63) is 35.4 Å². The Balaban J connectivity index is 1.88. The standard InChI is InChI=1S/C15H19NO4/c1-2-13-12(7-8-20-13)14(17)16-9-10-3-5-11(6-4-10)15(18)19/h3-6,12-13H,2,7-9H2,1H3,(H,16,17)(H,18,19). The topological polar surface area (TPSA) is 75.6 Å². The van der Waals surface area contributed by atoms with Crippen molar-refractivity contribution in [3.8, 4) is 0 Å². The average molecular weight is 277 g/mol. The maximum Gasteiger partial charge on any atom is 0.335 e. The van der Waals surface area contributed by atoms with E-state index in [9.17, 15) is 9.59 Å². The van der Waals surface area contributed by atoms with Gasteiger partial charge in [0.2, 0.25) is 5.91 Å². The summed E-state index contributed by atoms with van der Waals surface area (Å²) >= 11 is 0. The lowest BCUT2D eigenvalue weighted by Gasteiger charge is -2.16. The quantitative estimate of drug-likeness (QED) is 0.860. The summed E-state index contributed by atoms with van der Waals surface area (Å²) in [5.74, 6) is -1.01. The van der Waals surface area contributed by atoms with Gasteiger partial charge >= 0.3 is 5.97 Å². The Morgan fingerprint density at radius 1 is 1.35 bits per heavy atom. The van der Waals surface area contributed by atoms with Crippen LogP contribution in [0.4, 0.5) is 0 Å². The molecule has 5 heteroatoms. The molecule has 1 heterocycles. The van der Waals surface area contributed by atoms with Gasteiger partial charge in [0, 0.05) is 13.2 Å². The summed E-state index contributed by atoms with van der Waals surface area (Å²) < 4.78 is 5.50. The number of nitrogens with one attached hydrogen (secondary N) is 1. The highest BCUT2D eigenvalue weighted by Gasteiger charge is 2.32. The third-order valence-corrected chi connectivity index (χ3v) is 3.62. The number of amides is 1. The molecule has 20 heavy (non-hydrogen) atoms. The van der Waals surface area contributed by atoms with Crippen molar-refractivity contribution in [2.75, 3.05) is 6.61 Å². The predicted molar refractivity (Wildman–Crippen MR) is 73.4 cm³/mol. The molecular weight excluding hydrogens is 258 g/mol. The fourth-order valence-corrected chi connectivity index (χ4v) is 2.44. The zero-order valence-corrected chi connectivity index (χ0v) is 11.5. The summed E-state index contributed by atoms with van der Waals surface area (Å²) in [6.07, 6.45) is 1.62. The lowest BCUT2D eigenvalue weighted by atomic mass is 9.98. The van der Waals surface area contributed by atoms with Crippen LogP contribution in [0.15, 0.2) is 24.3 Å². The molecule has 2 rings (SSSR count). The zero-order chi connectivity index (χ0) is 14.5. The number of ether oxygens (including phenoxy) is 1. The van der Waals surface area contributed by atoms with Crippen LogP contribution in [0.1, 0.15) is 35.7 Å². The summed E-state index contributed by atoms with van der Waals surface area (Å²) in [6.45, 7) is 3.07. The van der Waals surface area contributed by atoms with Crippen molar-refractivity contribution in [1.82, 2.24) is 5.32 Å². The Morgan fingerprint density at radius 2 is 2.05 bits per heavy atom. The second-order valence-electron chi connectivity index (χ2n) is 4.93. The molecule has 1 amide bonds. The third-order valence-electron chi connectivity index (χ3n) is 3.62. The van der Waals surface area contributed by atoms with Crippen LogP contribution in [0, 0.1) is 5.92 Å². The number of hydrogen-bond acceptors (Lipinski definition) is 3. The van der Waals surface area contributed by atoms with E-state index in [4.69, 9.17) is 9.84 Å². The third kappa shape index (κ3) is 3.36. The highest BCUT2D eigenvalue weighted by Crippen LogP contribution is 2.23. The van der Waals surface area contributed by atoms with Crippen molar-refractivity contribution in [2.24, 2.45) is 5.92 Å². The van der Waals surface area contributed by atoms with Gasteiger partial charge in [-0.15, -0.1) is 0 Å². The molecule has 0 saturated carbocycles. The second-order valence-corrected chi connectivity index (χ2v) is 4.93. The van der Waals surface area contributed by atoms with Crippen LogP contribution in [0.3, 0.4) is 0 Å². The molecule has 0 aromatic heterocycles. The molecule has 1 saturated heterocycles. The van der Waals surface area contributed by atoms with E-state index >= 15 is 0 Å². The zero-order valence-electron chi connectivity index (χ0n) is 11.5. The van der Waals surface area contributed by atoms with Gasteiger partial charge in [-0.05, 0) is 30.5 Å². The number of carbonyl (C=O) groups is 2. The molecule has 0 radical (unpaired) electrons. The minimum atomic E-state index is -0.950. The SMILES string of the molecule is CCC1OCCC1C(=O)NCc1ccc(C(=O)O)cc1. The minimum Gasteiger partial charge on any atom is -0.478 e. The van der Waals surface area contributed by atoms with E-state index in [0.29, 0.717) is 13.2 Å². The monoisotopic (exact) mass is 277 g/mol. The van der Waals surface area contributed by atoms with Crippen LogP contribution < -0.4 is 5.32 Å². The predicted octanol–water partition coefficient (Wildman–Crippen LogP) is 1.82. The minimum absolute atomic E-state index is 0.0108. The molecule has 2 N–H and O–H groups in total. The molecule has 0 bridgehead atoms. The number of benzene rings is 1. The Bertz CT molecular complexity index is 483. The van der Waals surface area contributed by atoms with E-state index in [0.717, 1.165) is 18.4 Å². The van der Waals surface area contributed by atoms with Gasteiger partial charge in [0.25, 0.3) is 0 Å². The molecule has 108 valence electrons. The molecule has 2 unspecified atom stereocenters. The molecule has 0 aliphatic carbocycles. The lowest BCUT2D eigenvalue weighted by molar-refractivity contribution is -0.126. The van der Waals surface area contributed by atoms with Crippen LogP contribution in [0.25, 0.3) is 0 Å². The van der Waals surface area contributed by atoms with E-state index in [1.165, 1.54) is 12.1 Å². The van der Waals surface area contributed by atoms with Crippen LogP contribution in [0.2, 0.25) is 0 Å². The number of carboxylic acid groups (broad SMARTS) is 1. The summed E-state index contributed by atoms with van der Waals surface area (Å²) in [5.41, 5.74) is 1.13. The van der Waals surface area contributed by atoms with Gasteiger partial charge in [0.05, 0.1) is 17.6 Å². The molecule has 1 aromatic carbocycles. The number of aromatic carboxylic acids is 1. The summed E-state index contributed by atoms with van der Waals surface area (Å²) in [4.78, 5) is 22.8. The van der Waals surface area contributed by atoms with Crippen molar-refractivity contribution < 1.29 is 19.4 Å². The Labute approximate surface area is 117 Å². The van der Waals surface area contributed by atoms with Gasteiger partial charge in [0.15, 0.2) is 0 Å². The molecule has 2 atom stereocenters. The van der Waals surface area contributed by atoms with Gasteiger partial charge in [-0.1, -0.05) is 19.1 Å². The van der Waals surface area contributed by atoms with Gasteiger partial charge in [-0.25, -0.2) is 4.79 Å². The molecule has 1 fully saturated rings. The molecule has 5 nitrogen and oxygen atoms in total. The summed E-state index contributed by atoms with van der Waals surface area (Å²) in [5, 5.41) is 11.7. The van der Waals surface area contributed by atoms with Gasteiger partial charge in [-0.3, -0.25) is 4.79 Å². The van der Waals surface area contributed by atoms with Crippen molar-refractivity contribution in [3.63, 3.8) is 0 Å². The maximum atomic E-state index is 12.1. The molecule has 0 spiro atoms. The van der Waals surface area contributed by atoms with Gasteiger partial charge in [-0.2, -0.15) is 0 Å². The summed E-state index contributed by atoms with van der Waals surface area (Å²) in [7, 11) is 0. The first-order chi connectivity index (χ1) is 9.61. The Morgan fingerprint density at radius 3 is 2.65 bits per heavy atom.